The van der Waals surface area contributed by atoms with Gasteiger partial charge in [-0.1, -0.05) is 36.8 Å². The molecular formula is C25H36N4O2. The van der Waals surface area contributed by atoms with Crippen LogP contribution in [0.5, 0.6) is 0 Å². The van der Waals surface area contributed by atoms with Gasteiger partial charge in [0.1, 0.15) is 0 Å². The van der Waals surface area contributed by atoms with Gasteiger partial charge in [0.25, 0.3) is 5.91 Å². The van der Waals surface area contributed by atoms with Gasteiger partial charge in [-0.3, -0.25) is 9.59 Å². The van der Waals surface area contributed by atoms with Crippen molar-refractivity contribution in [2.45, 2.75) is 51.1 Å². The number of benzene rings is 1. The van der Waals surface area contributed by atoms with Crippen molar-refractivity contribution >= 4 is 11.8 Å². The number of nitrogens with one attached hydrogen (secondary N) is 1. The number of rotatable bonds is 8. The number of amides is 2. The summed E-state index contributed by atoms with van der Waals surface area (Å²) in [5.41, 5.74) is 3.13. The Morgan fingerprint density at radius 3 is 2.65 bits per heavy atom. The Morgan fingerprint density at radius 1 is 1.10 bits per heavy atom. The first-order valence-electron chi connectivity index (χ1n) is 11.9. The molecule has 0 radical (unpaired) electrons. The minimum Gasteiger partial charge on any atom is -0.356 e. The van der Waals surface area contributed by atoms with E-state index in [1.54, 1.807) is 0 Å². The van der Waals surface area contributed by atoms with Crippen LogP contribution in [0, 0.1) is 0 Å². The van der Waals surface area contributed by atoms with Crippen LogP contribution in [0.2, 0.25) is 0 Å². The van der Waals surface area contributed by atoms with E-state index >= 15 is 0 Å². The van der Waals surface area contributed by atoms with E-state index in [-0.39, 0.29) is 24.3 Å². The number of hydrogen-bond acceptors (Lipinski definition) is 4. The molecule has 6 heteroatoms. The third kappa shape index (κ3) is 5.55. The summed E-state index contributed by atoms with van der Waals surface area (Å²) in [4.78, 5) is 32.7. The van der Waals surface area contributed by atoms with Crippen LogP contribution in [0.25, 0.3) is 0 Å². The lowest BCUT2D eigenvalue weighted by molar-refractivity contribution is -0.129. The third-order valence-electron chi connectivity index (χ3n) is 6.96. The highest BCUT2D eigenvalue weighted by Crippen LogP contribution is 2.38. The van der Waals surface area contributed by atoms with E-state index < -0.39 is 0 Å². The molecule has 1 atom stereocenters. The van der Waals surface area contributed by atoms with Gasteiger partial charge in [-0.2, -0.15) is 0 Å². The van der Waals surface area contributed by atoms with E-state index in [1.807, 2.05) is 23.1 Å². The largest absolute Gasteiger partial charge is 0.356 e. The molecule has 1 saturated carbocycles. The molecule has 0 bridgehead atoms. The summed E-state index contributed by atoms with van der Waals surface area (Å²) in [6.07, 6.45) is 5.42. The van der Waals surface area contributed by atoms with Crippen molar-refractivity contribution in [1.29, 1.82) is 0 Å². The Hall–Kier alpha value is -2.18. The number of nitrogens with zero attached hydrogens (tertiary/aromatic N) is 3. The Balaban J connectivity index is 1.29. The average molecular weight is 425 g/mol. The number of fused-ring (bicyclic) bond motifs is 1. The second-order valence-corrected chi connectivity index (χ2v) is 9.21. The Bertz CT molecular complexity index is 799. The number of carbonyl (C=O) groups is 2. The lowest BCUT2D eigenvalue weighted by Crippen LogP contribution is -2.45. The molecule has 2 heterocycles. The first kappa shape index (κ1) is 22.0. The molecule has 0 spiro atoms. The normalized spacial score (nSPS) is 22.7. The molecule has 3 aliphatic rings. The average Bonchev–Trinajstić information content (AvgIpc) is 3.04. The molecule has 1 unspecified atom stereocenters. The molecule has 2 aliphatic heterocycles. The Morgan fingerprint density at radius 2 is 1.87 bits per heavy atom. The first-order valence-corrected chi connectivity index (χ1v) is 11.9. The zero-order valence-electron chi connectivity index (χ0n) is 18.8. The maximum atomic E-state index is 13.3. The number of likely N-dealkylation sites (N-methyl/N-ethyl adjacent to an activating group) is 1. The number of carbonyl (C=O) groups excluding carboxylic acids is 2. The molecule has 168 valence electrons. The van der Waals surface area contributed by atoms with Gasteiger partial charge in [0.2, 0.25) is 5.91 Å². The second-order valence-electron chi connectivity index (χ2n) is 9.21. The molecule has 4 rings (SSSR count). The zero-order chi connectivity index (χ0) is 21.6. The minimum absolute atomic E-state index is 0.0138. The molecule has 31 heavy (non-hydrogen) atoms. The highest BCUT2D eigenvalue weighted by molar-refractivity contribution is 6.02. The highest BCUT2D eigenvalue weighted by Gasteiger charge is 2.40. The topological polar surface area (TPSA) is 55.9 Å². The summed E-state index contributed by atoms with van der Waals surface area (Å²) < 4.78 is 0. The highest BCUT2D eigenvalue weighted by atomic mass is 16.2. The fraction of sp³-hybridized carbons (Fsp3) is 0.600. The van der Waals surface area contributed by atoms with Gasteiger partial charge in [0.15, 0.2) is 0 Å². The number of hydrogen-bond donors (Lipinski definition) is 1. The minimum atomic E-state index is -0.0138. The molecule has 6 nitrogen and oxygen atoms in total. The van der Waals surface area contributed by atoms with Crippen LogP contribution in [-0.4, -0.2) is 78.9 Å². The van der Waals surface area contributed by atoms with Crippen LogP contribution < -0.4 is 5.32 Å². The van der Waals surface area contributed by atoms with Crippen LogP contribution in [0.4, 0.5) is 0 Å². The fourth-order valence-corrected chi connectivity index (χ4v) is 5.12. The Labute approximate surface area is 186 Å². The van der Waals surface area contributed by atoms with Gasteiger partial charge >= 0.3 is 0 Å². The van der Waals surface area contributed by atoms with Crippen molar-refractivity contribution in [2.24, 2.45) is 0 Å². The van der Waals surface area contributed by atoms with Crippen LogP contribution in [-0.2, 0) is 16.1 Å². The van der Waals surface area contributed by atoms with E-state index in [0.717, 1.165) is 76.0 Å². The smallest absolute Gasteiger partial charge is 0.251 e. The standard InChI is InChI=1S/C25H36N4O2/c1-27-14-16-28(17-15-27)13-7-12-26-24(30)18-22-21-10-5-6-11-23(21)29(25(22)31)19-20-8-3-2-4-9-20/h2-4,8-9,23H,5-7,10-19H2,1H3,(H,26,30). The molecular weight excluding hydrogens is 388 g/mol. The van der Waals surface area contributed by atoms with Gasteiger partial charge in [-0.15, -0.1) is 0 Å². The van der Waals surface area contributed by atoms with E-state index in [2.05, 4.69) is 34.3 Å². The summed E-state index contributed by atoms with van der Waals surface area (Å²) in [7, 11) is 2.16. The van der Waals surface area contributed by atoms with Gasteiger partial charge in [0, 0.05) is 44.8 Å². The van der Waals surface area contributed by atoms with Crippen LogP contribution >= 0.6 is 0 Å². The van der Waals surface area contributed by atoms with E-state index in [9.17, 15) is 9.59 Å². The monoisotopic (exact) mass is 424 g/mol. The maximum absolute atomic E-state index is 13.3. The van der Waals surface area contributed by atoms with Crippen molar-refractivity contribution in [3.8, 4) is 0 Å². The lowest BCUT2D eigenvalue weighted by Gasteiger charge is -2.32. The quantitative estimate of drug-likeness (QED) is 0.651. The van der Waals surface area contributed by atoms with Gasteiger partial charge in [0.05, 0.1) is 12.5 Å². The maximum Gasteiger partial charge on any atom is 0.251 e. The van der Waals surface area contributed by atoms with Crippen LogP contribution in [0.15, 0.2) is 41.5 Å². The SMILES string of the molecule is CN1CCN(CCCNC(=O)CC2=C3CCCCC3N(Cc3ccccc3)C2=O)CC1. The van der Waals surface area contributed by atoms with Crippen LogP contribution in [0.3, 0.4) is 0 Å². The van der Waals surface area contributed by atoms with Gasteiger partial charge < -0.3 is 20.0 Å². The zero-order valence-corrected chi connectivity index (χ0v) is 18.8. The van der Waals surface area contributed by atoms with Gasteiger partial charge in [-0.05, 0) is 50.4 Å². The van der Waals surface area contributed by atoms with E-state index in [4.69, 9.17) is 0 Å². The summed E-state index contributed by atoms with van der Waals surface area (Å²) in [5, 5.41) is 3.06. The summed E-state index contributed by atoms with van der Waals surface area (Å²) >= 11 is 0. The molecule has 1 N–H and O–H groups in total. The summed E-state index contributed by atoms with van der Waals surface area (Å²) in [6.45, 7) is 6.77. The third-order valence-corrected chi connectivity index (χ3v) is 6.96. The lowest BCUT2D eigenvalue weighted by atomic mass is 9.88. The van der Waals surface area contributed by atoms with Crippen molar-refractivity contribution in [1.82, 2.24) is 20.0 Å². The second kappa shape index (κ2) is 10.4. The number of piperazine rings is 1. The summed E-state index contributed by atoms with van der Waals surface area (Å²) in [6, 6.07) is 10.4. The predicted octanol–water partition coefficient (Wildman–Crippen LogP) is 2.41. The first-order chi connectivity index (χ1) is 15.1. The molecule has 2 amide bonds. The molecule has 1 aliphatic carbocycles. The van der Waals surface area contributed by atoms with E-state index in [1.165, 1.54) is 5.57 Å². The molecule has 1 saturated heterocycles. The van der Waals surface area contributed by atoms with Gasteiger partial charge in [-0.25, -0.2) is 0 Å². The van der Waals surface area contributed by atoms with Crippen molar-refractivity contribution in [3.05, 3.63) is 47.0 Å². The van der Waals surface area contributed by atoms with Crippen molar-refractivity contribution in [3.63, 3.8) is 0 Å². The van der Waals surface area contributed by atoms with E-state index in [0.29, 0.717) is 13.1 Å². The fourth-order valence-electron chi connectivity index (χ4n) is 5.12. The summed E-state index contributed by atoms with van der Waals surface area (Å²) in [5.74, 6) is 0.0541. The van der Waals surface area contributed by atoms with Crippen LogP contribution in [0.1, 0.15) is 44.1 Å². The Kier molecular flexibility index (Phi) is 7.41. The van der Waals surface area contributed by atoms with Crippen molar-refractivity contribution < 1.29 is 9.59 Å². The molecule has 1 aromatic rings. The molecule has 2 fully saturated rings. The molecule has 0 aromatic heterocycles. The molecule has 1 aromatic carbocycles. The van der Waals surface area contributed by atoms with Crippen molar-refractivity contribution in [2.75, 3.05) is 46.3 Å². The predicted molar refractivity (Wildman–Crippen MR) is 122 cm³/mol.